The minimum atomic E-state index is -3.57. The Labute approximate surface area is 136 Å². The average molecular weight is 348 g/mol. The number of aliphatic hydroxyl groups is 5. The maximum atomic E-state index is 12.0. The van der Waals surface area contributed by atoms with Crippen molar-refractivity contribution < 1.29 is 49.4 Å². The fourth-order valence-corrected chi connectivity index (χ4v) is 2.95. The van der Waals surface area contributed by atoms with Crippen LogP contribution in [0.3, 0.4) is 0 Å². The average Bonchev–Trinajstić information content (AvgIpc) is 2.46. The van der Waals surface area contributed by atoms with E-state index in [0.29, 0.717) is 20.8 Å². The van der Waals surface area contributed by atoms with Crippen molar-refractivity contribution in [1.82, 2.24) is 0 Å². The van der Waals surface area contributed by atoms with Crippen molar-refractivity contribution in [2.24, 2.45) is 0 Å². The smallest absolute Gasteiger partial charge is 0.213 e. The van der Waals surface area contributed by atoms with E-state index in [-0.39, 0.29) is 0 Å². The van der Waals surface area contributed by atoms with Gasteiger partial charge in [0, 0.05) is 0 Å². The first-order chi connectivity index (χ1) is 10.7. The van der Waals surface area contributed by atoms with Crippen LogP contribution < -0.4 is 0 Å². The minimum Gasteiger partial charge on any atom is -0.382 e. The number of carbonyl (C=O) groups excluding carboxylic acids is 4. The summed E-state index contributed by atoms with van der Waals surface area (Å²) in [4.78, 5) is 47.3. The monoisotopic (exact) mass is 348 g/mol. The summed E-state index contributed by atoms with van der Waals surface area (Å²) in [6.45, 7) is 2.88. The van der Waals surface area contributed by atoms with E-state index in [1.54, 1.807) is 0 Å². The largest absolute Gasteiger partial charge is 0.382 e. The van der Waals surface area contributed by atoms with Crippen molar-refractivity contribution in [3.05, 3.63) is 0 Å². The summed E-state index contributed by atoms with van der Waals surface area (Å²) in [5, 5.41) is 51.8. The predicted molar refractivity (Wildman–Crippen MR) is 74.5 cm³/mol. The molecule has 1 rings (SSSR count). The zero-order chi connectivity index (χ0) is 19.2. The molecule has 10 heteroatoms. The Kier molecular flexibility index (Phi) is 5.17. The van der Waals surface area contributed by atoms with Crippen LogP contribution in [-0.4, -0.2) is 84.0 Å². The fraction of sp³-hybridized carbons (Fsp3) is 0.714. The number of rotatable bonds is 5. The van der Waals surface area contributed by atoms with Crippen molar-refractivity contribution in [3.63, 3.8) is 0 Å². The van der Waals surface area contributed by atoms with Gasteiger partial charge in [0.05, 0.1) is 0 Å². The van der Waals surface area contributed by atoms with E-state index in [4.69, 9.17) is 4.74 Å². The van der Waals surface area contributed by atoms with E-state index in [1.807, 2.05) is 0 Å². The molecular weight excluding hydrogens is 328 g/mol. The van der Waals surface area contributed by atoms with Crippen LogP contribution in [0.4, 0.5) is 0 Å². The van der Waals surface area contributed by atoms with E-state index in [1.165, 1.54) is 0 Å². The van der Waals surface area contributed by atoms with E-state index >= 15 is 0 Å². The lowest BCUT2D eigenvalue weighted by atomic mass is 9.60. The SMILES string of the molecule is CC(=O)C(O)[C@H]1O[C@H](O)[C@](O)(C(C)=O)[C@](O)(C(C)=O)[C@@]1(O)C(C)=O. The van der Waals surface area contributed by atoms with Crippen LogP contribution in [0, 0.1) is 0 Å². The van der Waals surface area contributed by atoms with Crippen molar-refractivity contribution in [3.8, 4) is 0 Å². The van der Waals surface area contributed by atoms with Crippen LogP contribution >= 0.6 is 0 Å². The predicted octanol–water partition coefficient (Wildman–Crippen LogP) is -3.39. The van der Waals surface area contributed by atoms with Crippen LogP contribution in [0.15, 0.2) is 0 Å². The summed E-state index contributed by atoms with van der Waals surface area (Å²) < 4.78 is 4.74. The molecule has 0 aromatic carbocycles. The summed E-state index contributed by atoms with van der Waals surface area (Å²) >= 11 is 0. The Bertz CT molecular complexity index is 600. The molecule has 24 heavy (non-hydrogen) atoms. The van der Waals surface area contributed by atoms with Gasteiger partial charge in [0.15, 0.2) is 35.0 Å². The summed E-state index contributed by atoms with van der Waals surface area (Å²) in [5.74, 6) is -5.24. The molecule has 1 fully saturated rings. The molecule has 1 aliphatic heterocycles. The van der Waals surface area contributed by atoms with Gasteiger partial charge in [-0.05, 0) is 27.7 Å². The Morgan fingerprint density at radius 2 is 1.29 bits per heavy atom. The molecule has 136 valence electrons. The molecule has 6 atom stereocenters. The second-order valence-corrected chi connectivity index (χ2v) is 5.88. The molecule has 10 nitrogen and oxygen atoms in total. The van der Waals surface area contributed by atoms with Crippen molar-refractivity contribution in [2.45, 2.75) is 63.0 Å². The zero-order valence-corrected chi connectivity index (χ0v) is 13.5. The maximum Gasteiger partial charge on any atom is 0.213 e. The van der Waals surface area contributed by atoms with E-state index in [2.05, 4.69) is 0 Å². The molecule has 0 bridgehead atoms. The van der Waals surface area contributed by atoms with Crippen LogP contribution in [0.2, 0.25) is 0 Å². The lowest BCUT2D eigenvalue weighted by molar-refractivity contribution is -0.364. The van der Waals surface area contributed by atoms with Gasteiger partial charge in [-0.2, -0.15) is 0 Å². The number of Topliss-reactive ketones (excluding diaryl/α,β-unsaturated/α-hetero) is 4. The quantitative estimate of drug-likeness (QED) is 0.336. The van der Waals surface area contributed by atoms with Gasteiger partial charge >= 0.3 is 0 Å². The third-order valence-corrected chi connectivity index (χ3v) is 4.43. The van der Waals surface area contributed by atoms with Crippen molar-refractivity contribution in [1.29, 1.82) is 0 Å². The van der Waals surface area contributed by atoms with Gasteiger partial charge in [-0.1, -0.05) is 0 Å². The van der Waals surface area contributed by atoms with E-state index in [0.717, 1.165) is 6.92 Å². The number of hydrogen-bond acceptors (Lipinski definition) is 10. The molecule has 1 heterocycles. The minimum absolute atomic E-state index is 0.650. The summed E-state index contributed by atoms with van der Waals surface area (Å²) in [6.07, 6.45) is -7.16. The van der Waals surface area contributed by atoms with E-state index in [9.17, 15) is 44.7 Å². The Morgan fingerprint density at radius 1 is 0.875 bits per heavy atom. The van der Waals surface area contributed by atoms with Gasteiger partial charge in [-0.25, -0.2) is 0 Å². The van der Waals surface area contributed by atoms with Crippen molar-refractivity contribution >= 4 is 23.1 Å². The second kappa shape index (κ2) is 6.06. The lowest BCUT2D eigenvalue weighted by Crippen LogP contribution is -2.87. The zero-order valence-electron chi connectivity index (χ0n) is 13.5. The Balaban J connectivity index is 3.86. The van der Waals surface area contributed by atoms with Gasteiger partial charge in [-0.3, -0.25) is 19.2 Å². The molecule has 1 saturated heterocycles. The molecule has 0 amide bonds. The second-order valence-electron chi connectivity index (χ2n) is 5.88. The van der Waals surface area contributed by atoms with Crippen LogP contribution in [0.1, 0.15) is 27.7 Å². The van der Waals surface area contributed by atoms with Crippen LogP contribution in [0.25, 0.3) is 0 Å². The van der Waals surface area contributed by atoms with Gasteiger partial charge in [0.25, 0.3) is 0 Å². The number of ketones is 4. The highest BCUT2D eigenvalue weighted by Gasteiger charge is 2.79. The standard InChI is InChI=1S/C14H20O10/c1-5(15)9(19)10-12(21,6(2)16)14(23,8(4)18)13(22,7(3)17)11(20)24-10/h9-11,19-23H,1-4H3/t9?,10-,11+,12-,13-,14+/m1/s1. The summed E-state index contributed by atoms with van der Waals surface area (Å²) in [7, 11) is 0. The third kappa shape index (κ3) is 2.26. The summed E-state index contributed by atoms with van der Waals surface area (Å²) in [6, 6.07) is 0. The van der Waals surface area contributed by atoms with Gasteiger partial charge < -0.3 is 30.3 Å². The van der Waals surface area contributed by atoms with E-state index < -0.39 is 58.4 Å². The molecule has 0 aliphatic carbocycles. The van der Waals surface area contributed by atoms with Crippen LogP contribution in [0.5, 0.6) is 0 Å². The highest BCUT2D eigenvalue weighted by molar-refractivity contribution is 6.05. The van der Waals surface area contributed by atoms with Gasteiger partial charge in [0.2, 0.25) is 11.2 Å². The molecule has 0 spiro atoms. The molecule has 0 aromatic heterocycles. The number of carbonyl (C=O) groups is 4. The molecule has 0 saturated carbocycles. The molecule has 1 unspecified atom stereocenters. The highest BCUT2D eigenvalue weighted by atomic mass is 16.7. The maximum absolute atomic E-state index is 12.0. The Morgan fingerprint density at radius 3 is 1.58 bits per heavy atom. The first kappa shape index (κ1) is 20.5. The summed E-state index contributed by atoms with van der Waals surface area (Å²) in [5.41, 5.74) is -10.4. The topological polar surface area (TPSA) is 179 Å². The van der Waals surface area contributed by atoms with Gasteiger partial charge in [-0.15, -0.1) is 0 Å². The number of aliphatic hydroxyl groups excluding tert-OH is 2. The number of ether oxygens (including phenoxy) is 1. The fourth-order valence-electron chi connectivity index (χ4n) is 2.95. The third-order valence-electron chi connectivity index (χ3n) is 4.43. The van der Waals surface area contributed by atoms with Crippen LogP contribution in [-0.2, 0) is 23.9 Å². The molecular formula is C14H20O10. The lowest BCUT2D eigenvalue weighted by Gasteiger charge is -2.57. The van der Waals surface area contributed by atoms with Gasteiger partial charge in [0.1, 0.15) is 12.2 Å². The molecule has 5 N–H and O–H groups in total. The molecule has 0 aromatic rings. The van der Waals surface area contributed by atoms with Crippen molar-refractivity contribution in [2.75, 3.05) is 0 Å². The highest BCUT2D eigenvalue weighted by Crippen LogP contribution is 2.46. The first-order valence-electron chi connectivity index (χ1n) is 6.92. The number of hydrogen-bond donors (Lipinski definition) is 5. The molecule has 0 radical (unpaired) electrons. The molecule has 1 aliphatic rings. The normalized spacial score (nSPS) is 40.7. The first-order valence-corrected chi connectivity index (χ1v) is 6.92. The Hall–Kier alpha value is -1.56.